The van der Waals surface area contributed by atoms with Crippen LogP contribution >= 0.6 is 0 Å². The van der Waals surface area contributed by atoms with E-state index in [2.05, 4.69) is 22.5 Å². The lowest BCUT2D eigenvalue weighted by Crippen LogP contribution is -2.38. The molecular weight excluding hydrogens is 238 g/mol. The summed E-state index contributed by atoms with van der Waals surface area (Å²) in [5.74, 6) is 1.20. The summed E-state index contributed by atoms with van der Waals surface area (Å²) < 4.78 is 0. The van der Waals surface area contributed by atoms with Crippen LogP contribution in [0.2, 0.25) is 0 Å². The molecule has 0 aliphatic heterocycles. The van der Waals surface area contributed by atoms with Crippen molar-refractivity contribution in [2.24, 2.45) is 4.99 Å². The van der Waals surface area contributed by atoms with Gasteiger partial charge in [-0.15, -0.1) is 0 Å². The molecule has 0 aliphatic carbocycles. The van der Waals surface area contributed by atoms with E-state index < -0.39 is 0 Å². The first-order valence-corrected chi connectivity index (χ1v) is 6.98. The maximum Gasteiger partial charge on any atom is 0.190 e. The van der Waals surface area contributed by atoms with E-state index in [1.165, 1.54) is 12.0 Å². The highest BCUT2D eigenvalue weighted by Gasteiger charge is 1.97. The van der Waals surface area contributed by atoms with Gasteiger partial charge in [-0.2, -0.15) is 0 Å². The summed E-state index contributed by atoms with van der Waals surface area (Å²) in [5.41, 5.74) is 1.24. The molecule has 1 aromatic carbocycles. The van der Waals surface area contributed by atoms with E-state index in [4.69, 9.17) is 0 Å². The largest absolute Gasteiger partial charge is 0.508 e. The smallest absolute Gasteiger partial charge is 0.190 e. The van der Waals surface area contributed by atoms with Gasteiger partial charge in [0.05, 0.1) is 0 Å². The third kappa shape index (κ3) is 6.70. The standard InChI is InChI=1S/C15H25N3O/c1-3-4-11-17-15(16-2)18-12-5-6-13-7-9-14(19)10-8-13/h7-10,19H,3-6,11-12H2,1-2H3,(H2,16,17,18). The van der Waals surface area contributed by atoms with Gasteiger partial charge < -0.3 is 15.7 Å². The number of aromatic hydroxyl groups is 1. The first-order valence-electron chi connectivity index (χ1n) is 6.98. The molecule has 106 valence electrons. The quantitative estimate of drug-likeness (QED) is 0.402. The summed E-state index contributed by atoms with van der Waals surface area (Å²) >= 11 is 0. The number of unbranched alkanes of at least 4 members (excludes halogenated alkanes) is 1. The SMILES string of the molecule is CCCCNC(=NC)NCCCc1ccc(O)cc1. The van der Waals surface area contributed by atoms with E-state index in [1.54, 1.807) is 19.2 Å². The van der Waals surface area contributed by atoms with E-state index in [0.717, 1.165) is 38.3 Å². The molecule has 1 aromatic rings. The Morgan fingerprint density at radius 2 is 1.74 bits per heavy atom. The molecule has 0 amide bonds. The lowest BCUT2D eigenvalue weighted by Gasteiger charge is -2.11. The van der Waals surface area contributed by atoms with Crippen LogP contribution in [0.25, 0.3) is 0 Å². The van der Waals surface area contributed by atoms with Crippen LogP contribution in [0.1, 0.15) is 31.7 Å². The Morgan fingerprint density at radius 3 is 2.32 bits per heavy atom. The highest BCUT2D eigenvalue weighted by atomic mass is 16.3. The predicted molar refractivity (Wildman–Crippen MR) is 80.7 cm³/mol. The van der Waals surface area contributed by atoms with Gasteiger partial charge >= 0.3 is 0 Å². The number of rotatable bonds is 7. The molecule has 4 heteroatoms. The molecule has 0 fully saturated rings. The van der Waals surface area contributed by atoms with Gasteiger partial charge in [-0.3, -0.25) is 4.99 Å². The summed E-state index contributed by atoms with van der Waals surface area (Å²) in [6.07, 6.45) is 4.39. The van der Waals surface area contributed by atoms with Crippen LogP contribution in [0.3, 0.4) is 0 Å². The average Bonchev–Trinajstić information content (AvgIpc) is 2.43. The Bertz CT molecular complexity index is 373. The lowest BCUT2D eigenvalue weighted by atomic mass is 10.1. The number of aliphatic imine (C=N–C) groups is 1. The minimum atomic E-state index is 0.322. The third-order valence-electron chi connectivity index (χ3n) is 2.92. The Hall–Kier alpha value is -1.71. The minimum absolute atomic E-state index is 0.322. The van der Waals surface area contributed by atoms with Gasteiger partial charge in [0, 0.05) is 20.1 Å². The highest BCUT2D eigenvalue weighted by molar-refractivity contribution is 5.79. The predicted octanol–water partition coefficient (Wildman–Crippen LogP) is 2.29. The van der Waals surface area contributed by atoms with Crippen LogP contribution in [-0.4, -0.2) is 31.2 Å². The number of nitrogens with zero attached hydrogens (tertiary/aromatic N) is 1. The van der Waals surface area contributed by atoms with Crippen LogP contribution in [0, 0.1) is 0 Å². The van der Waals surface area contributed by atoms with Crippen LogP contribution in [0.15, 0.2) is 29.3 Å². The average molecular weight is 263 g/mol. The van der Waals surface area contributed by atoms with Crippen LogP contribution < -0.4 is 10.6 Å². The van der Waals surface area contributed by atoms with Crippen molar-refractivity contribution in [3.63, 3.8) is 0 Å². The van der Waals surface area contributed by atoms with Crippen molar-refractivity contribution < 1.29 is 5.11 Å². The maximum absolute atomic E-state index is 9.20. The Morgan fingerprint density at radius 1 is 1.11 bits per heavy atom. The fourth-order valence-electron chi connectivity index (χ4n) is 1.77. The Kier molecular flexibility index (Phi) is 7.47. The topological polar surface area (TPSA) is 56.7 Å². The van der Waals surface area contributed by atoms with Crippen molar-refractivity contribution in [1.29, 1.82) is 0 Å². The molecular formula is C15H25N3O. The molecule has 0 aliphatic rings. The summed E-state index contributed by atoms with van der Waals surface area (Å²) in [4.78, 5) is 4.18. The first-order chi connectivity index (χ1) is 9.26. The number of phenols is 1. The van der Waals surface area contributed by atoms with Gasteiger partial charge in [0.25, 0.3) is 0 Å². The number of nitrogens with one attached hydrogen (secondary N) is 2. The van der Waals surface area contributed by atoms with Crippen molar-refractivity contribution in [2.75, 3.05) is 20.1 Å². The van der Waals surface area contributed by atoms with E-state index in [9.17, 15) is 5.11 Å². The van der Waals surface area contributed by atoms with E-state index in [1.807, 2.05) is 12.1 Å². The minimum Gasteiger partial charge on any atom is -0.508 e. The van der Waals surface area contributed by atoms with Gasteiger partial charge in [-0.1, -0.05) is 25.5 Å². The summed E-state index contributed by atoms with van der Waals surface area (Å²) in [6.45, 7) is 4.04. The molecule has 3 N–H and O–H groups in total. The number of aryl methyl sites for hydroxylation is 1. The molecule has 0 saturated carbocycles. The first kappa shape index (κ1) is 15.3. The summed E-state index contributed by atoms with van der Waals surface area (Å²) in [5, 5.41) is 15.8. The monoisotopic (exact) mass is 263 g/mol. The van der Waals surface area contributed by atoms with E-state index in [0.29, 0.717) is 5.75 Å². The third-order valence-corrected chi connectivity index (χ3v) is 2.92. The zero-order valence-electron chi connectivity index (χ0n) is 11.9. The number of phenolic OH excluding ortho intramolecular Hbond substituents is 1. The molecule has 0 saturated heterocycles. The second-order valence-corrected chi connectivity index (χ2v) is 4.55. The number of benzene rings is 1. The Labute approximate surface area is 116 Å². The van der Waals surface area contributed by atoms with Gasteiger partial charge in [0.15, 0.2) is 5.96 Å². The van der Waals surface area contributed by atoms with Crippen molar-refractivity contribution in [2.45, 2.75) is 32.6 Å². The van der Waals surface area contributed by atoms with Crippen LogP contribution in [-0.2, 0) is 6.42 Å². The number of hydrogen-bond acceptors (Lipinski definition) is 2. The van der Waals surface area contributed by atoms with Crippen LogP contribution in [0.5, 0.6) is 5.75 Å². The normalized spacial score (nSPS) is 11.4. The van der Waals surface area contributed by atoms with Crippen molar-refractivity contribution in [1.82, 2.24) is 10.6 Å². The second-order valence-electron chi connectivity index (χ2n) is 4.55. The highest BCUT2D eigenvalue weighted by Crippen LogP contribution is 2.10. The zero-order chi connectivity index (χ0) is 13.9. The maximum atomic E-state index is 9.20. The molecule has 19 heavy (non-hydrogen) atoms. The fourth-order valence-corrected chi connectivity index (χ4v) is 1.77. The molecule has 1 rings (SSSR count). The molecule has 0 radical (unpaired) electrons. The number of guanidine groups is 1. The summed E-state index contributed by atoms with van der Waals surface area (Å²) in [6, 6.07) is 7.38. The van der Waals surface area contributed by atoms with Gasteiger partial charge in [0.2, 0.25) is 0 Å². The molecule has 0 spiro atoms. The van der Waals surface area contributed by atoms with Gasteiger partial charge in [0.1, 0.15) is 5.75 Å². The molecule has 0 aromatic heterocycles. The molecule has 0 unspecified atom stereocenters. The molecule has 0 heterocycles. The number of hydrogen-bond donors (Lipinski definition) is 3. The van der Waals surface area contributed by atoms with Gasteiger partial charge in [-0.25, -0.2) is 0 Å². The summed E-state index contributed by atoms with van der Waals surface area (Å²) in [7, 11) is 1.79. The Balaban J connectivity index is 2.16. The van der Waals surface area contributed by atoms with E-state index in [-0.39, 0.29) is 0 Å². The molecule has 4 nitrogen and oxygen atoms in total. The second kappa shape index (κ2) is 9.25. The van der Waals surface area contributed by atoms with Gasteiger partial charge in [-0.05, 0) is 37.0 Å². The molecule has 0 bridgehead atoms. The molecule has 0 atom stereocenters. The van der Waals surface area contributed by atoms with Crippen molar-refractivity contribution in [3.05, 3.63) is 29.8 Å². The zero-order valence-corrected chi connectivity index (χ0v) is 11.9. The van der Waals surface area contributed by atoms with Crippen LogP contribution in [0.4, 0.5) is 0 Å². The van der Waals surface area contributed by atoms with E-state index >= 15 is 0 Å². The lowest BCUT2D eigenvalue weighted by molar-refractivity contribution is 0.475. The van der Waals surface area contributed by atoms with Crippen molar-refractivity contribution in [3.8, 4) is 5.75 Å². The fraction of sp³-hybridized carbons (Fsp3) is 0.533. The van der Waals surface area contributed by atoms with Crippen molar-refractivity contribution >= 4 is 5.96 Å².